The Balaban J connectivity index is 1.66. The Morgan fingerprint density at radius 1 is 1.07 bits per heavy atom. The number of rotatable bonds is 9. The number of allylic oxidation sites excluding steroid dienone is 1. The molecule has 0 aliphatic heterocycles. The molecule has 0 heterocycles. The lowest BCUT2D eigenvalue weighted by Crippen LogP contribution is -2.45. The normalized spacial score (nSPS) is 13.6. The summed E-state index contributed by atoms with van der Waals surface area (Å²) in [5.41, 5.74) is 3.21. The summed E-state index contributed by atoms with van der Waals surface area (Å²) in [6.07, 6.45) is 8.54. The molecule has 1 aromatic rings. The Morgan fingerprint density at radius 2 is 1.83 bits per heavy atom. The highest BCUT2D eigenvalue weighted by atomic mass is 16.2. The topological polar surface area (TPSA) is 90.5 Å². The van der Waals surface area contributed by atoms with Gasteiger partial charge in [0.2, 0.25) is 11.8 Å². The average molecular weight is 401 g/mol. The van der Waals surface area contributed by atoms with Gasteiger partial charge in [0, 0.05) is 12.2 Å². The third-order valence-electron chi connectivity index (χ3n) is 4.87. The first-order valence-corrected chi connectivity index (χ1v) is 10.3. The number of nitrogens with zero attached hydrogens (tertiary/aromatic N) is 1. The maximum absolute atomic E-state index is 12.2. The molecule has 3 N–H and O–H groups in total. The number of benzene rings is 1. The summed E-state index contributed by atoms with van der Waals surface area (Å²) in [5, 5.41) is 7.89. The number of nitrogens with one attached hydrogen (secondary N) is 3. The fourth-order valence-corrected chi connectivity index (χ4v) is 3.37. The van der Waals surface area contributed by atoms with Crippen molar-refractivity contribution in [1.82, 2.24) is 15.5 Å². The molecule has 158 valence electrons. The zero-order valence-electron chi connectivity index (χ0n) is 17.4. The van der Waals surface area contributed by atoms with Crippen molar-refractivity contribution in [3.05, 3.63) is 41.5 Å². The molecular weight excluding hydrogens is 368 g/mol. The van der Waals surface area contributed by atoms with Crippen LogP contribution in [0.1, 0.15) is 44.6 Å². The Morgan fingerprint density at radius 3 is 2.55 bits per heavy atom. The molecule has 0 atom stereocenters. The summed E-state index contributed by atoms with van der Waals surface area (Å²) in [6, 6.07) is 7.13. The van der Waals surface area contributed by atoms with E-state index < -0.39 is 11.9 Å². The maximum Gasteiger partial charge on any atom is 0.321 e. The van der Waals surface area contributed by atoms with E-state index in [1.54, 1.807) is 11.9 Å². The lowest BCUT2D eigenvalue weighted by molar-refractivity contribution is -0.122. The van der Waals surface area contributed by atoms with Crippen LogP contribution in [-0.2, 0) is 16.0 Å². The van der Waals surface area contributed by atoms with Gasteiger partial charge in [0.05, 0.1) is 13.1 Å². The minimum Gasteiger partial charge on any atom is -0.337 e. The van der Waals surface area contributed by atoms with Gasteiger partial charge < -0.3 is 10.6 Å². The van der Waals surface area contributed by atoms with Gasteiger partial charge in [-0.1, -0.05) is 36.8 Å². The third kappa shape index (κ3) is 8.48. The number of anilines is 1. The third-order valence-corrected chi connectivity index (χ3v) is 4.87. The van der Waals surface area contributed by atoms with Gasteiger partial charge in [-0.05, 0) is 57.2 Å². The fraction of sp³-hybridized carbons (Fsp3) is 0.500. The van der Waals surface area contributed by atoms with E-state index in [9.17, 15) is 14.4 Å². The number of hydrogen-bond donors (Lipinski definition) is 3. The molecule has 0 saturated carbocycles. The van der Waals surface area contributed by atoms with Crippen molar-refractivity contribution >= 4 is 23.5 Å². The van der Waals surface area contributed by atoms with E-state index in [1.165, 1.54) is 18.4 Å². The molecule has 0 spiro atoms. The molecular formula is C22H32N4O3. The minimum absolute atomic E-state index is 0.0403. The molecule has 2 rings (SSSR count). The highest BCUT2D eigenvalue weighted by Gasteiger charge is 2.14. The number of carbonyl (C=O) groups is 3. The zero-order valence-corrected chi connectivity index (χ0v) is 17.4. The van der Waals surface area contributed by atoms with Crippen molar-refractivity contribution in [1.29, 1.82) is 0 Å². The van der Waals surface area contributed by atoms with Gasteiger partial charge in [-0.2, -0.15) is 0 Å². The second-order valence-corrected chi connectivity index (χ2v) is 7.39. The summed E-state index contributed by atoms with van der Waals surface area (Å²) < 4.78 is 0. The quantitative estimate of drug-likeness (QED) is 0.556. The zero-order chi connectivity index (χ0) is 21.1. The number of aryl methyl sites for hydroxylation is 1. The van der Waals surface area contributed by atoms with Gasteiger partial charge in [0.25, 0.3) is 0 Å². The number of likely N-dealkylation sites (N-methyl/N-ethyl adjacent to an activating group) is 1. The second kappa shape index (κ2) is 12.0. The molecule has 4 amide bonds. The minimum atomic E-state index is -0.499. The molecule has 0 saturated heterocycles. The van der Waals surface area contributed by atoms with Gasteiger partial charge in [0.1, 0.15) is 0 Å². The highest BCUT2D eigenvalue weighted by molar-refractivity contribution is 5.96. The largest absolute Gasteiger partial charge is 0.337 e. The Kier molecular flexibility index (Phi) is 9.37. The van der Waals surface area contributed by atoms with Crippen LogP contribution in [0, 0.1) is 0 Å². The molecule has 1 aliphatic carbocycles. The van der Waals surface area contributed by atoms with Crippen molar-refractivity contribution in [3.63, 3.8) is 0 Å². The van der Waals surface area contributed by atoms with Gasteiger partial charge in [0.15, 0.2) is 0 Å². The van der Waals surface area contributed by atoms with E-state index in [-0.39, 0.29) is 19.0 Å². The predicted octanol–water partition coefficient (Wildman–Crippen LogP) is 2.84. The van der Waals surface area contributed by atoms with Crippen LogP contribution in [0.4, 0.5) is 10.5 Å². The first-order valence-electron chi connectivity index (χ1n) is 10.3. The van der Waals surface area contributed by atoms with E-state index in [0.29, 0.717) is 6.54 Å². The Hall–Kier alpha value is -2.67. The van der Waals surface area contributed by atoms with E-state index in [1.807, 2.05) is 31.2 Å². The van der Waals surface area contributed by atoms with Crippen LogP contribution >= 0.6 is 0 Å². The second-order valence-electron chi connectivity index (χ2n) is 7.39. The molecule has 0 fully saturated rings. The van der Waals surface area contributed by atoms with Crippen LogP contribution in [0.2, 0.25) is 0 Å². The summed E-state index contributed by atoms with van der Waals surface area (Å²) in [6.45, 7) is 2.56. The number of hydrogen-bond acceptors (Lipinski definition) is 4. The monoisotopic (exact) mass is 400 g/mol. The Bertz CT molecular complexity index is 745. The molecule has 0 bridgehead atoms. The molecule has 0 radical (unpaired) electrons. The summed E-state index contributed by atoms with van der Waals surface area (Å²) in [5.74, 6) is -0.643. The molecule has 7 heteroatoms. The summed E-state index contributed by atoms with van der Waals surface area (Å²) in [4.78, 5) is 37.6. The lowest BCUT2D eigenvalue weighted by Gasteiger charge is -2.17. The predicted molar refractivity (Wildman–Crippen MR) is 115 cm³/mol. The number of urea groups is 1. The molecule has 1 aromatic carbocycles. The molecule has 7 nitrogen and oxygen atoms in total. The van der Waals surface area contributed by atoms with Crippen LogP contribution in [0.15, 0.2) is 35.9 Å². The number of amides is 4. The van der Waals surface area contributed by atoms with Crippen LogP contribution in [0.5, 0.6) is 0 Å². The fourth-order valence-electron chi connectivity index (χ4n) is 3.37. The van der Waals surface area contributed by atoms with E-state index in [4.69, 9.17) is 0 Å². The molecule has 0 aromatic heterocycles. The molecule has 0 unspecified atom stereocenters. The van der Waals surface area contributed by atoms with Crippen molar-refractivity contribution < 1.29 is 14.4 Å². The van der Waals surface area contributed by atoms with Crippen LogP contribution in [-0.4, -0.2) is 49.4 Å². The van der Waals surface area contributed by atoms with Gasteiger partial charge in [-0.25, -0.2) is 4.79 Å². The van der Waals surface area contributed by atoms with E-state index in [2.05, 4.69) is 22.0 Å². The highest BCUT2D eigenvalue weighted by Crippen LogP contribution is 2.19. The molecule has 29 heavy (non-hydrogen) atoms. The van der Waals surface area contributed by atoms with Crippen molar-refractivity contribution in [2.45, 2.75) is 45.4 Å². The number of imide groups is 1. The van der Waals surface area contributed by atoms with Gasteiger partial charge in [-0.15, -0.1) is 0 Å². The van der Waals surface area contributed by atoms with Gasteiger partial charge in [-0.3, -0.25) is 19.8 Å². The summed E-state index contributed by atoms with van der Waals surface area (Å²) >= 11 is 0. The van der Waals surface area contributed by atoms with E-state index in [0.717, 1.165) is 36.9 Å². The smallest absolute Gasteiger partial charge is 0.321 e. The van der Waals surface area contributed by atoms with Crippen LogP contribution in [0.3, 0.4) is 0 Å². The van der Waals surface area contributed by atoms with Gasteiger partial charge >= 0.3 is 6.03 Å². The summed E-state index contributed by atoms with van der Waals surface area (Å²) in [7, 11) is 1.67. The standard InChI is InChI=1S/C22H32N4O3/c1-3-18-11-7-8-12-19(18)24-20(27)15-26(2)16-21(28)25-22(29)23-14-13-17-9-5-4-6-10-17/h7-9,11-12H,3-6,10,13-16H2,1-2H3,(H,24,27)(H2,23,25,28,29). The molecule has 1 aliphatic rings. The van der Waals surface area contributed by atoms with Crippen LogP contribution < -0.4 is 16.0 Å². The maximum atomic E-state index is 12.2. The van der Waals surface area contributed by atoms with Crippen molar-refractivity contribution in [2.75, 3.05) is 32.0 Å². The van der Waals surface area contributed by atoms with Crippen LogP contribution in [0.25, 0.3) is 0 Å². The SMILES string of the molecule is CCc1ccccc1NC(=O)CN(C)CC(=O)NC(=O)NCCC1=CCCCC1. The van der Waals surface area contributed by atoms with Crippen molar-refractivity contribution in [3.8, 4) is 0 Å². The average Bonchev–Trinajstić information content (AvgIpc) is 2.68. The first kappa shape index (κ1) is 22.6. The first-order chi connectivity index (χ1) is 14.0. The van der Waals surface area contributed by atoms with E-state index >= 15 is 0 Å². The number of carbonyl (C=O) groups excluding carboxylic acids is 3. The number of para-hydroxylation sites is 1. The lowest BCUT2D eigenvalue weighted by atomic mass is 9.97. The Labute approximate surface area is 172 Å². The van der Waals surface area contributed by atoms with Crippen molar-refractivity contribution in [2.24, 2.45) is 0 Å².